The number of amides is 3. The van der Waals surface area contributed by atoms with Crippen LogP contribution in [0, 0.1) is 33.6 Å². The highest BCUT2D eigenvalue weighted by atomic mass is 16.2. The first kappa shape index (κ1) is 31.0. The van der Waals surface area contributed by atoms with Gasteiger partial charge >= 0.3 is 6.03 Å². The number of aryl methyl sites for hydroxylation is 4. The number of carbonyl (C=O) groups excluding carboxylic acids is 2. The van der Waals surface area contributed by atoms with Gasteiger partial charge < -0.3 is 10.2 Å². The van der Waals surface area contributed by atoms with Gasteiger partial charge in [-0.05, 0) is 93.8 Å². The van der Waals surface area contributed by atoms with Gasteiger partial charge in [-0.25, -0.2) is 9.48 Å². The predicted molar refractivity (Wildman–Crippen MR) is 179 cm³/mol. The van der Waals surface area contributed by atoms with Crippen molar-refractivity contribution in [3.8, 4) is 5.69 Å². The molecule has 3 amide bonds. The van der Waals surface area contributed by atoms with Crippen molar-refractivity contribution in [1.82, 2.24) is 14.7 Å². The molecule has 1 aliphatic heterocycles. The molecule has 0 unspecified atom stereocenters. The highest BCUT2D eigenvalue weighted by Crippen LogP contribution is 2.28. The van der Waals surface area contributed by atoms with Crippen LogP contribution in [-0.2, 0) is 11.8 Å². The molecule has 4 aromatic rings. The van der Waals surface area contributed by atoms with Crippen LogP contribution in [0.5, 0.6) is 0 Å². The molecule has 0 atom stereocenters. The number of piperidine rings is 1. The third-order valence-electron chi connectivity index (χ3n) is 8.50. The van der Waals surface area contributed by atoms with E-state index in [2.05, 4.69) is 56.5 Å². The lowest BCUT2D eigenvalue weighted by atomic mass is 9.89. The third kappa shape index (κ3) is 7.21. The van der Waals surface area contributed by atoms with Crippen molar-refractivity contribution < 1.29 is 9.59 Å². The lowest BCUT2D eigenvalue weighted by Crippen LogP contribution is -2.39. The number of carbonyl (C=O) groups is 2. The summed E-state index contributed by atoms with van der Waals surface area (Å²) in [7, 11) is 0. The van der Waals surface area contributed by atoms with E-state index in [0.717, 1.165) is 71.7 Å². The second kappa shape index (κ2) is 12.7. The van der Waals surface area contributed by atoms with Crippen LogP contribution in [0.3, 0.4) is 0 Å². The Kier molecular flexibility index (Phi) is 8.95. The Morgan fingerprint density at radius 2 is 1.50 bits per heavy atom. The Morgan fingerprint density at radius 1 is 0.841 bits per heavy atom. The van der Waals surface area contributed by atoms with E-state index >= 15 is 0 Å². The molecule has 230 valence electrons. The number of urea groups is 1. The Bertz CT molecular complexity index is 1630. The number of hydrogen-bond donors (Lipinski definition) is 2. The average molecular weight is 592 g/mol. The number of benzene rings is 3. The maximum atomic E-state index is 13.3. The SMILES string of the molecule is Cc1ccc(-n2nc(C(C)(C)C)cc2NC(=O)Nc2cccc(CC3CCN(C(=O)c4c(C)cc(C)cc4C)CC3)c2)cc1. The predicted octanol–water partition coefficient (Wildman–Crippen LogP) is 8.14. The van der Waals surface area contributed by atoms with Gasteiger partial charge in [0.05, 0.1) is 11.4 Å². The molecule has 5 rings (SSSR count). The van der Waals surface area contributed by atoms with Crippen LogP contribution in [0.15, 0.2) is 66.7 Å². The molecule has 1 fully saturated rings. The second-order valence-electron chi connectivity index (χ2n) is 13.4. The van der Waals surface area contributed by atoms with Gasteiger partial charge in [0.15, 0.2) is 0 Å². The topological polar surface area (TPSA) is 79.3 Å². The normalized spacial score (nSPS) is 14.0. The minimum atomic E-state index is -0.315. The Labute approximate surface area is 261 Å². The number of aromatic nitrogens is 2. The summed E-state index contributed by atoms with van der Waals surface area (Å²) in [5, 5.41) is 10.8. The number of hydrogen-bond acceptors (Lipinski definition) is 3. The molecule has 0 radical (unpaired) electrons. The van der Waals surface area contributed by atoms with Gasteiger partial charge in [-0.2, -0.15) is 5.10 Å². The fraction of sp³-hybridized carbons (Fsp3) is 0.378. The van der Waals surface area contributed by atoms with Crippen molar-refractivity contribution >= 4 is 23.4 Å². The number of nitrogens with zero attached hydrogens (tertiary/aromatic N) is 3. The highest BCUT2D eigenvalue weighted by Gasteiger charge is 2.26. The van der Waals surface area contributed by atoms with E-state index in [1.807, 2.05) is 74.2 Å². The molecule has 3 aromatic carbocycles. The Balaban J connectivity index is 1.21. The van der Waals surface area contributed by atoms with Crippen molar-refractivity contribution in [3.63, 3.8) is 0 Å². The number of rotatable bonds is 6. The lowest BCUT2D eigenvalue weighted by Gasteiger charge is -2.33. The van der Waals surface area contributed by atoms with E-state index in [1.165, 1.54) is 11.1 Å². The first-order chi connectivity index (χ1) is 20.9. The van der Waals surface area contributed by atoms with Crippen molar-refractivity contribution in [1.29, 1.82) is 0 Å². The molecule has 0 spiro atoms. The summed E-state index contributed by atoms with van der Waals surface area (Å²) in [6.45, 7) is 16.0. The van der Waals surface area contributed by atoms with Crippen molar-refractivity contribution in [2.45, 2.75) is 73.1 Å². The van der Waals surface area contributed by atoms with E-state index in [4.69, 9.17) is 5.10 Å². The zero-order valence-electron chi connectivity index (χ0n) is 27.1. The molecule has 2 heterocycles. The van der Waals surface area contributed by atoms with E-state index in [0.29, 0.717) is 11.7 Å². The van der Waals surface area contributed by atoms with E-state index in [9.17, 15) is 9.59 Å². The fourth-order valence-corrected chi connectivity index (χ4v) is 6.12. The van der Waals surface area contributed by atoms with Gasteiger partial charge in [0.2, 0.25) is 0 Å². The number of anilines is 2. The standard InChI is InChI=1S/C37H45N5O2/c1-24-11-13-31(14-12-24)42-33(23-32(40-42)37(5,6)7)39-36(44)38-30-10-8-9-29(22-30)21-28-15-17-41(18-16-28)35(43)34-26(3)19-25(2)20-27(34)4/h8-14,19-20,22-23,28H,15-18,21H2,1-7H3,(H2,38,39,44). The maximum absolute atomic E-state index is 13.3. The van der Waals surface area contributed by atoms with Crippen LogP contribution in [0.1, 0.15) is 77.5 Å². The van der Waals surface area contributed by atoms with Gasteiger partial charge in [-0.15, -0.1) is 0 Å². The van der Waals surface area contributed by atoms with Gasteiger partial charge in [0.1, 0.15) is 5.82 Å². The van der Waals surface area contributed by atoms with Crippen LogP contribution < -0.4 is 10.6 Å². The Morgan fingerprint density at radius 3 is 2.14 bits per heavy atom. The van der Waals surface area contributed by atoms with Gasteiger partial charge in [-0.1, -0.05) is 68.3 Å². The smallest absolute Gasteiger partial charge is 0.324 e. The van der Waals surface area contributed by atoms with Crippen LogP contribution in [0.2, 0.25) is 0 Å². The second-order valence-corrected chi connectivity index (χ2v) is 13.4. The zero-order chi connectivity index (χ0) is 31.6. The lowest BCUT2D eigenvalue weighted by molar-refractivity contribution is 0.0689. The van der Waals surface area contributed by atoms with Crippen molar-refractivity contribution in [3.05, 3.63) is 106 Å². The molecule has 44 heavy (non-hydrogen) atoms. The first-order valence-electron chi connectivity index (χ1n) is 15.6. The molecule has 0 aliphatic carbocycles. The molecular weight excluding hydrogens is 546 g/mol. The molecule has 1 saturated heterocycles. The minimum Gasteiger partial charge on any atom is -0.339 e. The van der Waals surface area contributed by atoms with Crippen LogP contribution >= 0.6 is 0 Å². The monoisotopic (exact) mass is 591 g/mol. The summed E-state index contributed by atoms with van der Waals surface area (Å²) < 4.78 is 1.79. The number of nitrogens with one attached hydrogen (secondary N) is 2. The summed E-state index contributed by atoms with van der Waals surface area (Å²) in [6.07, 6.45) is 2.84. The molecule has 0 saturated carbocycles. The van der Waals surface area contributed by atoms with Crippen LogP contribution in [0.25, 0.3) is 5.69 Å². The first-order valence-corrected chi connectivity index (χ1v) is 15.6. The van der Waals surface area contributed by atoms with Crippen LogP contribution in [-0.4, -0.2) is 39.7 Å². The Hall–Kier alpha value is -4.39. The molecule has 2 N–H and O–H groups in total. The van der Waals surface area contributed by atoms with Gasteiger partial charge in [-0.3, -0.25) is 10.1 Å². The van der Waals surface area contributed by atoms with Gasteiger partial charge in [0, 0.05) is 35.8 Å². The van der Waals surface area contributed by atoms with Crippen molar-refractivity contribution in [2.24, 2.45) is 5.92 Å². The highest BCUT2D eigenvalue weighted by molar-refractivity contribution is 5.99. The molecule has 0 bridgehead atoms. The molecule has 7 heteroatoms. The largest absolute Gasteiger partial charge is 0.339 e. The summed E-state index contributed by atoms with van der Waals surface area (Å²) in [4.78, 5) is 28.5. The quantitative estimate of drug-likeness (QED) is 0.238. The van der Waals surface area contributed by atoms with E-state index in [-0.39, 0.29) is 17.4 Å². The van der Waals surface area contributed by atoms with E-state index in [1.54, 1.807) is 4.68 Å². The maximum Gasteiger partial charge on any atom is 0.324 e. The molecule has 7 nitrogen and oxygen atoms in total. The summed E-state index contributed by atoms with van der Waals surface area (Å²) in [5.74, 6) is 1.25. The molecular formula is C37H45N5O2. The molecule has 1 aliphatic rings. The van der Waals surface area contributed by atoms with Gasteiger partial charge in [0.25, 0.3) is 5.91 Å². The van der Waals surface area contributed by atoms with E-state index < -0.39 is 0 Å². The third-order valence-corrected chi connectivity index (χ3v) is 8.50. The fourth-order valence-electron chi connectivity index (χ4n) is 6.12. The average Bonchev–Trinajstić information content (AvgIpc) is 3.37. The summed E-state index contributed by atoms with van der Waals surface area (Å²) >= 11 is 0. The molecule has 1 aromatic heterocycles. The zero-order valence-corrected chi connectivity index (χ0v) is 27.1. The minimum absolute atomic E-state index is 0.147. The number of likely N-dealkylation sites (tertiary alicyclic amines) is 1. The summed E-state index contributed by atoms with van der Waals surface area (Å²) in [5.41, 5.74) is 8.85. The summed E-state index contributed by atoms with van der Waals surface area (Å²) in [6, 6.07) is 22.0. The van der Waals surface area contributed by atoms with Crippen LogP contribution in [0.4, 0.5) is 16.3 Å². The van der Waals surface area contributed by atoms with Crippen molar-refractivity contribution in [2.75, 3.05) is 23.7 Å².